The van der Waals surface area contributed by atoms with E-state index in [2.05, 4.69) is 15.3 Å². The first-order valence-electron chi connectivity index (χ1n) is 10.0. The van der Waals surface area contributed by atoms with Crippen LogP contribution in [0.25, 0.3) is 0 Å². The van der Waals surface area contributed by atoms with Gasteiger partial charge in [0.2, 0.25) is 11.8 Å². The quantitative estimate of drug-likeness (QED) is 0.629. The first kappa shape index (κ1) is 20.8. The van der Waals surface area contributed by atoms with Crippen LogP contribution in [0.4, 0.5) is 17.2 Å². The van der Waals surface area contributed by atoms with Gasteiger partial charge < -0.3 is 5.32 Å². The number of aliphatic imine (C=N–C) groups is 1. The first-order valence-corrected chi connectivity index (χ1v) is 10.4. The van der Waals surface area contributed by atoms with E-state index in [0.717, 1.165) is 23.2 Å². The number of aryl methyl sites for hydroxylation is 1. The van der Waals surface area contributed by atoms with Crippen molar-refractivity contribution in [3.05, 3.63) is 83.0 Å². The van der Waals surface area contributed by atoms with Crippen LogP contribution in [0.3, 0.4) is 0 Å². The number of hydrogen-bond acceptors (Lipinski definition) is 4. The van der Waals surface area contributed by atoms with Crippen molar-refractivity contribution in [1.82, 2.24) is 4.98 Å². The summed E-state index contributed by atoms with van der Waals surface area (Å²) in [5.74, 6) is -0.185. The SMILES string of the molecule is CCc1ccccc1NC(=O)CN1C(=O)CC(c2cccc(Cl)c2)=Nc2cccnc21. The average Bonchev–Trinajstić information content (AvgIpc) is 2.91. The van der Waals surface area contributed by atoms with Crippen LogP contribution in [0.15, 0.2) is 71.9 Å². The van der Waals surface area contributed by atoms with Crippen molar-refractivity contribution in [2.45, 2.75) is 19.8 Å². The number of carbonyl (C=O) groups is 2. The first-order chi connectivity index (χ1) is 15.0. The van der Waals surface area contributed by atoms with Gasteiger partial charge in [-0.3, -0.25) is 14.5 Å². The van der Waals surface area contributed by atoms with Gasteiger partial charge in [0, 0.05) is 16.9 Å². The molecule has 1 N–H and O–H groups in total. The Morgan fingerprint density at radius 3 is 2.77 bits per heavy atom. The van der Waals surface area contributed by atoms with Crippen LogP contribution < -0.4 is 10.2 Å². The molecule has 0 bridgehead atoms. The summed E-state index contributed by atoms with van der Waals surface area (Å²) < 4.78 is 0. The van der Waals surface area contributed by atoms with Crippen molar-refractivity contribution in [3.63, 3.8) is 0 Å². The molecular formula is C24H21ClN4O2. The molecule has 0 atom stereocenters. The second-order valence-corrected chi connectivity index (χ2v) is 7.57. The fourth-order valence-corrected chi connectivity index (χ4v) is 3.70. The van der Waals surface area contributed by atoms with E-state index in [1.807, 2.05) is 43.3 Å². The van der Waals surface area contributed by atoms with Gasteiger partial charge in [-0.05, 0) is 47.9 Å². The molecule has 1 aliphatic heterocycles. The summed E-state index contributed by atoms with van der Waals surface area (Å²) in [5.41, 5.74) is 3.66. The Labute approximate surface area is 185 Å². The van der Waals surface area contributed by atoms with E-state index < -0.39 is 0 Å². The van der Waals surface area contributed by atoms with Crippen molar-refractivity contribution >= 4 is 46.3 Å². The topological polar surface area (TPSA) is 74.7 Å². The second kappa shape index (κ2) is 9.10. The van der Waals surface area contributed by atoms with Crippen LogP contribution in [0.2, 0.25) is 5.02 Å². The highest BCUT2D eigenvalue weighted by atomic mass is 35.5. The lowest BCUT2D eigenvalue weighted by molar-refractivity contribution is -0.120. The summed E-state index contributed by atoms with van der Waals surface area (Å²) >= 11 is 6.13. The van der Waals surface area contributed by atoms with Crippen LogP contribution in [0.1, 0.15) is 24.5 Å². The molecule has 0 saturated carbocycles. The van der Waals surface area contributed by atoms with E-state index in [4.69, 9.17) is 11.6 Å². The Morgan fingerprint density at radius 1 is 1.13 bits per heavy atom. The normalized spacial score (nSPS) is 13.3. The molecule has 156 valence electrons. The average molecular weight is 433 g/mol. The number of fused-ring (bicyclic) bond motifs is 1. The molecule has 2 aromatic carbocycles. The molecule has 2 amide bonds. The van der Waals surface area contributed by atoms with Gasteiger partial charge >= 0.3 is 0 Å². The zero-order valence-corrected chi connectivity index (χ0v) is 17.8. The number of hydrogen-bond donors (Lipinski definition) is 1. The van der Waals surface area contributed by atoms with E-state index in [1.54, 1.807) is 30.5 Å². The van der Waals surface area contributed by atoms with Crippen LogP contribution in [0.5, 0.6) is 0 Å². The second-order valence-electron chi connectivity index (χ2n) is 7.13. The number of para-hydroxylation sites is 1. The number of anilines is 2. The van der Waals surface area contributed by atoms with Gasteiger partial charge in [0.25, 0.3) is 0 Å². The zero-order chi connectivity index (χ0) is 21.8. The smallest absolute Gasteiger partial charge is 0.244 e. The Bertz CT molecular complexity index is 1180. The number of aromatic nitrogens is 1. The van der Waals surface area contributed by atoms with Crippen molar-refractivity contribution in [3.8, 4) is 0 Å². The van der Waals surface area contributed by atoms with Gasteiger partial charge in [0.05, 0.1) is 12.1 Å². The van der Waals surface area contributed by atoms with Crippen molar-refractivity contribution in [2.75, 3.05) is 16.8 Å². The van der Waals surface area contributed by atoms with Crippen LogP contribution in [-0.2, 0) is 16.0 Å². The number of pyridine rings is 1. The van der Waals surface area contributed by atoms with E-state index in [1.165, 1.54) is 4.90 Å². The summed E-state index contributed by atoms with van der Waals surface area (Å²) in [6.45, 7) is 1.87. The fourth-order valence-electron chi connectivity index (χ4n) is 3.51. The highest BCUT2D eigenvalue weighted by Gasteiger charge is 2.28. The Morgan fingerprint density at radius 2 is 1.97 bits per heavy atom. The molecule has 0 unspecified atom stereocenters. The molecule has 0 aliphatic carbocycles. The predicted molar refractivity (Wildman–Crippen MR) is 123 cm³/mol. The van der Waals surface area contributed by atoms with Crippen molar-refractivity contribution < 1.29 is 9.59 Å². The molecule has 0 spiro atoms. The third kappa shape index (κ3) is 4.64. The molecule has 6 nitrogen and oxygen atoms in total. The van der Waals surface area contributed by atoms with Gasteiger partial charge in [-0.1, -0.05) is 48.9 Å². The lowest BCUT2D eigenvalue weighted by Gasteiger charge is -2.21. The highest BCUT2D eigenvalue weighted by molar-refractivity contribution is 6.31. The maximum Gasteiger partial charge on any atom is 0.244 e. The molecule has 0 saturated heterocycles. The molecule has 0 radical (unpaired) electrons. The summed E-state index contributed by atoms with van der Waals surface area (Å²) in [5, 5.41) is 3.48. The van der Waals surface area contributed by atoms with Crippen LogP contribution >= 0.6 is 11.6 Å². The summed E-state index contributed by atoms with van der Waals surface area (Å²) in [6, 6.07) is 18.4. The number of amides is 2. The molecule has 2 heterocycles. The van der Waals surface area contributed by atoms with Crippen molar-refractivity contribution in [2.24, 2.45) is 4.99 Å². The number of nitrogens with one attached hydrogen (secondary N) is 1. The van der Waals surface area contributed by atoms with Crippen LogP contribution in [-0.4, -0.2) is 29.1 Å². The third-order valence-electron chi connectivity index (χ3n) is 5.03. The predicted octanol–water partition coefficient (Wildman–Crippen LogP) is 4.79. The highest BCUT2D eigenvalue weighted by Crippen LogP contribution is 2.31. The number of halogens is 1. The Hall–Kier alpha value is -3.51. The van der Waals surface area contributed by atoms with Gasteiger partial charge in [-0.15, -0.1) is 0 Å². The van der Waals surface area contributed by atoms with E-state index in [9.17, 15) is 9.59 Å². The minimum Gasteiger partial charge on any atom is -0.324 e. The monoisotopic (exact) mass is 432 g/mol. The summed E-state index contributed by atoms with van der Waals surface area (Å²) in [7, 11) is 0. The molecule has 0 fully saturated rings. The van der Waals surface area contributed by atoms with Crippen molar-refractivity contribution in [1.29, 1.82) is 0 Å². The van der Waals surface area contributed by atoms with Gasteiger partial charge in [0.1, 0.15) is 12.2 Å². The third-order valence-corrected chi connectivity index (χ3v) is 5.26. The zero-order valence-electron chi connectivity index (χ0n) is 17.0. The number of benzene rings is 2. The van der Waals surface area contributed by atoms with Crippen LogP contribution in [0, 0.1) is 0 Å². The minimum absolute atomic E-state index is 0.0372. The summed E-state index contributed by atoms with van der Waals surface area (Å²) in [4.78, 5) is 36.4. The number of carbonyl (C=O) groups excluding carboxylic acids is 2. The number of rotatable bonds is 5. The largest absolute Gasteiger partial charge is 0.324 e. The molecule has 4 rings (SSSR count). The van der Waals surface area contributed by atoms with E-state index in [-0.39, 0.29) is 24.8 Å². The van der Waals surface area contributed by atoms with E-state index >= 15 is 0 Å². The van der Waals surface area contributed by atoms with Gasteiger partial charge in [-0.25, -0.2) is 9.98 Å². The molecule has 1 aliphatic rings. The lowest BCUT2D eigenvalue weighted by atomic mass is 10.1. The molecule has 7 heteroatoms. The van der Waals surface area contributed by atoms with E-state index in [0.29, 0.717) is 22.2 Å². The molecule has 1 aromatic heterocycles. The maximum absolute atomic E-state index is 13.1. The standard InChI is InChI=1S/C24H21ClN4O2/c1-2-16-7-3-4-10-19(16)28-22(30)15-29-23(31)14-21(17-8-5-9-18(25)13-17)27-20-11-6-12-26-24(20)29/h3-13H,2,14-15H2,1H3,(H,28,30). The lowest BCUT2D eigenvalue weighted by Crippen LogP contribution is -2.39. The maximum atomic E-state index is 13.1. The minimum atomic E-state index is -0.294. The fraction of sp³-hybridized carbons (Fsp3) is 0.167. The Balaban J connectivity index is 1.62. The molecule has 3 aromatic rings. The van der Waals surface area contributed by atoms with Gasteiger partial charge in [-0.2, -0.15) is 0 Å². The molecule has 31 heavy (non-hydrogen) atoms. The van der Waals surface area contributed by atoms with Gasteiger partial charge in [0.15, 0.2) is 5.82 Å². The molecular weight excluding hydrogens is 412 g/mol. The number of nitrogens with zero attached hydrogens (tertiary/aromatic N) is 3. The Kier molecular flexibility index (Phi) is 6.09. The summed E-state index contributed by atoms with van der Waals surface area (Å²) in [6.07, 6.45) is 2.42.